The summed E-state index contributed by atoms with van der Waals surface area (Å²) in [7, 11) is 0. The van der Waals surface area contributed by atoms with Crippen molar-refractivity contribution in [3.63, 3.8) is 0 Å². The fraction of sp³-hybridized carbons (Fsp3) is 0.438. The summed E-state index contributed by atoms with van der Waals surface area (Å²) < 4.78 is 1.52. The summed E-state index contributed by atoms with van der Waals surface area (Å²) in [6.07, 6.45) is 0.634. The normalized spacial score (nSPS) is 12.6. The molecule has 2 aromatic rings. The van der Waals surface area contributed by atoms with Crippen LogP contribution in [-0.4, -0.2) is 44.4 Å². The zero-order valence-electron chi connectivity index (χ0n) is 13.1. The van der Waals surface area contributed by atoms with E-state index in [0.717, 1.165) is 0 Å². The summed E-state index contributed by atoms with van der Waals surface area (Å²) in [4.78, 5) is 25.9. The number of aliphatic hydroxyl groups is 1. The predicted octanol–water partition coefficient (Wildman–Crippen LogP) is 1.01. The topological polar surface area (TPSA) is 75.4 Å². The summed E-state index contributed by atoms with van der Waals surface area (Å²) >= 11 is 0. The van der Waals surface area contributed by atoms with Crippen molar-refractivity contribution >= 4 is 16.8 Å². The zero-order chi connectivity index (χ0) is 16.3. The van der Waals surface area contributed by atoms with Crippen LogP contribution in [0.3, 0.4) is 0 Å². The molecule has 22 heavy (non-hydrogen) atoms. The van der Waals surface area contributed by atoms with E-state index in [1.807, 2.05) is 13.8 Å². The first kappa shape index (κ1) is 16.2. The number of amides is 1. The Balaban J connectivity index is 2.32. The maximum Gasteiger partial charge on any atom is 0.244 e. The Morgan fingerprint density at radius 2 is 2.00 bits per heavy atom. The number of nitrogens with zero attached hydrogens (tertiary/aromatic N) is 3. The minimum absolute atomic E-state index is 0.0206. The van der Waals surface area contributed by atoms with Gasteiger partial charge in [0.1, 0.15) is 6.54 Å². The van der Waals surface area contributed by atoms with Crippen LogP contribution >= 0.6 is 0 Å². The summed E-state index contributed by atoms with van der Waals surface area (Å²) in [5.41, 5.74) is 0.466. The lowest BCUT2D eigenvalue weighted by molar-refractivity contribution is -0.135. The summed E-state index contributed by atoms with van der Waals surface area (Å²) in [5, 5.41) is 14.1. The maximum absolute atomic E-state index is 12.5. The minimum atomic E-state index is -0.593. The molecular weight excluding hydrogens is 282 g/mol. The molecule has 1 heterocycles. The number of carbonyl (C=O) groups is 1. The lowest BCUT2D eigenvalue weighted by Gasteiger charge is -2.28. The van der Waals surface area contributed by atoms with Crippen LogP contribution in [0, 0.1) is 0 Å². The minimum Gasteiger partial charge on any atom is -0.392 e. The van der Waals surface area contributed by atoms with Gasteiger partial charge in [0.2, 0.25) is 11.3 Å². The predicted molar refractivity (Wildman–Crippen MR) is 84.5 cm³/mol. The summed E-state index contributed by atoms with van der Waals surface area (Å²) in [6.45, 7) is 5.75. The molecule has 1 atom stereocenters. The van der Waals surface area contributed by atoms with E-state index in [2.05, 4.69) is 5.10 Å². The summed E-state index contributed by atoms with van der Waals surface area (Å²) in [5.74, 6) is -0.141. The van der Waals surface area contributed by atoms with Crippen molar-refractivity contribution in [3.8, 4) is 0 Å². The summed E-state index contributed by atoms with van der Waals surface area (Å²) in [6, 6.07) is 7.05. The number of aromatic nitrogens is 2. The largest absolute Gasteiger partial charge is 0.392 e. The number of rotatable bonds is 5. The van der Waals surface area contributed by atoms with E-state index in [4.69, 9.17) is 0 Å². The van der Waals surface area contributed by atoms with Crippen LogP contribution in [0.15, 0.2) is 35.3 Å². The Labute approximate surface area is 129 Å². The first-order valence-corrected chi connectivity index (χ1v) is 7.32. The lowest BCUT2D eigenvalue weighted by Crippen LogP contribution is -2.43. The number of para-hydroxylation sites is 1. The molecule has 0 aliphatic heterocycles. The van der Waals surface area contributed by atoms with Crippen molar-refractivity contribution in [2.45, 2.75) is 39.5 Å². The average Bonchev–Trinajstić information content (AvgIpc) is 2.47. The molecule has 1 aromatic heterocycles. The zero-order valence-corrected chi connectivity index (χ0v) is 13.1. The van der Waals surface area contributed by atoms with Gasteiger partial charge < -0.3 is 10.0 Å². The smallest absolute Gasteiger partial charge is 0.244 e. The van der Waals surface area contributed by atoms with E-state index < -0.39 is 6.10 Å². The third-order valence-electron chi connectivity index (χ3n) is 3.45. The first-order valence-electron chi connectivity index (χ1n) is 7.32. The van der Waals surface area contributed by atoms with Crippen molar-refractivity contribution in [2.75, 3.05) is 6.54 Å². The van der Waals surface area contributed by atoms with Crippen LogP contribution in [0.25, 0.3) is 10.9 Å². The molecule has 2 rings (SSSR count). The van der Waals surface area contributed by atoms with Gasteiger partial charge in [-0.2, -0.15) is 5.10 Å². The van der Waals surface area contributed by atoms with E-state index in [9.17, 15) is 14.7 Å². The van der Waals surface area contributed by atoms with Crippen LogP contribution < -0.4 is 5.43 Å². The second-order valence-corrected chi connectivity index (χ2v) is 5.67. The second kappa shape index (κ2) is 6.70. The van der Waals surface area contributed by atoms with Crippen molar-refractivity contribution in [2.24, 2.45) is 0 Å². The van der Waals surface area contributed by atoms with E-state index in [1.54, 1.807) is 36.1 Å². The van der Waals surface area contributed by atoms with Gasteiger partial charge in [-0.1, -0.05) is 12.1 Å². The molecule has 0 radical (unpaired) electrons. The molecule has 6 nitrogen and oxygen atoms in total. The van der Waals surface area contributed by atoms with Gasteiger partial charge in [0, 0.05) is 18.0 Å². The Morgan fingerprint density at radius 1 is 1.32 bits per heavy atom. The lowest BCUT2D eigenvalue weighted by atomic mass is 10.2. The third kappa shape index (κ3) is 3.51. The molecule has 1 aromatic carbocycles. The Bertz CT molecular complexity index is 722. The molecular formula is C16H21N3O3. The van der Waals surface area contributed by atoms with Gasteiger partial charge in [0.25, 0.3) is 0 Å². The maximum atomic E-state index is 12.5. The quantitative estimate of drug-likeness (QED) is 0.894. The van der Waals surface area contributed by atoms with Crippen LogP contribution in [0.5, 0.6) is 0 Å². The average molecular weight is 303 g/mol. The third-order valence-corrected chi connectivity index (χ3v) is 3.45. The fourth-order valence-corrected chi connectivity index (χ4v) is 2.39. The molecule has 6 heteroatoms. The Morgan fingerprint density at radius 3 is 2.64 bits per heavy atom. The SMILES string of the molecule is CC(O)CN(C(=O)Cn1ncc(=O)c2ccccc21)C(C)C. The monoisotopic (exact) mass is 303 g/mol. The van der Waals surface area contributed by atoms with Gasteiger partial charge in [0.05, 0.1) is 17.8 Å². The molecule has 1 unspecified atom stereocenters. The number of fused-ring (bicyclic) bond motifs is 1. The van der Waals surface area contributed by atoms with E-state index in [-0.39, 0.29) is 30.5 Å². The standard InChI is InChI=1S/C16H21N3O3/c1-11(2)18(9-12(3)20)16(22)10-19-14-7-5-4-6-13(14)15(21)8-17-19/h4-8,11-12,20H,9-10H2,1-3H3. The molecule has 0 fully saturated rings. The Kier molecular flexibility index (Phi) is 4.92. The van der Waals surface area contributed by atoms with E-state index >= 15 is 0 Å². The highest BCUT2D eigenvalue weighted by Crippen LogP contribution is 2.09. The van der Waals surface area contributed by atoms with Crippen molar-refractivity contribution in [3.05, 3.63) is 40.7 Å². The van der Waals surface area contributed by atoms with Crippen LogP contribution in [0.1, 0.15) is 20.8 Å². The number of hydrogen-bond donors (Lipinski definition) is 1. The first-order chi connectivity index (χ1) is 10.4. The molecule has 0 spiro atoms. The second-order valence-electron chi connectivity index (χ2n) is 5.67. The highest BCUT2D eigenvalue weighted by molar-refractivity contribution is 5.81. The number of aliphatic hydroxyl groups excluding tert-OH is 1. The molecule has 0 saturated heterocycles. The van der Waals surface area contributed by atoms with Gasteiger partial charge in [-0.25, -0.2) is 0 Å². The molecule has 1 amide bonds. The molecule has 118 valence electrons. The van der Waals surface area contributed by atoms with Crippen LogP contribution in [0.4, 0.5) is 0 Å². The number of carbonyl (C=O) groups excluding carboxylic acids is 1. The molecule has 0 bridgehead atoms. The van der Waals surface area contributed by atoms with Crippen LogP contribution in [0.2, 0.25) is 0 Å². The molecule has 0 aliphatic carbocycles. The Hall–Kier alpha value is -2.21. The highest BCUT2D eigenvalue weighted by atomic mass is 16.3. The molecule has 0 saturated carbocycles. The van der Waals surface area contributed by atoms with Gasteiger partial charge in [-0.15, -0.1) is 0 Å². The van der Waals surface area contributed by atoms with Crippen molar-refractivity contribution in [1.29, 1.82) is 0 Å². The van der Waals surface area contributed by atoms with Crippen molar-refractivity contribution in [1.82, 2.24) is 14.7 Å². The molecule has 1 N–H and O–H groups in total. The molecule has 0 aliphatic rings. The number of hydrogen-bond acceptors (Lipinski definition) is 4. The van der Waals surface area contributed by atoms with Crippen LogP contribution in [-0.2, 0) is 11.3 Å². The van der Waals surface area contributed by atoms with E-state index in [0.29, 0.717) is 10.9 Å². The number of benzene rings is 1. The van der Waals surface area contributed by atoms with Gasteiger partial charge in [0.15, 0.2) is 0 Å². The van der Waals surface area contributed by atoms with Gasteiger partial charge in [-0.05, 0) is 32.9 Å². The van der Waals surface area contributed by atoms with Gasteiger partial charge >= 0.3 is 0 Å². The van der Waals surface area contributed by atoms with Gasteiger partial charge in [-0.3, -0.25) is 14.3 Å². The van der Waals surface area contributed by atoms with E-state index in [1.165, 1.54) is 10.9 Å². The fourth-order valence-electron chi connectivity index (χ4n) is 2.39. The van der Waals surface area contributed by atoms with Crippen molar-refractivity contribution < 1.29 is 9.90 Å². The highest BCUT2D eigenvalue weighted by Gasteiger charge is 2.19.